The standard InChI is InChI=1S/C9H10N4O/c10-7-2-1-3-8(4-7)14-5-9-11-6-12-13-9/h1-4,6H,5,10H2,(H,11,12,13). The molecule has 1 aromatic heterocycles. The van der Waals surface area contributed by atoms with Crippen molar-refractivity contribution in [2.75, 3.05) is 5.73 Å². The highest BCUT2D eigenvalue weighted by Crippen LogP contribution is 2.15. The molecule has 1 aromatic carbocycles. The second kappa shape index (κ2) is 3.78. The quantitative estimate of drug-likeness (QED) is 0.707. The number of anilines is 1. The Morgan fingerprint density at radius 1 is 1.43 bits per heavy atom. The third kappa shape index (κ3) is 2.01. The molecular formula is C9H10N4O. The van der Waals surface area contributed by atoms with E-state index in [4.69, 9.17) is 10.5 Å². The fourth-order valence-electron chi connectivity index (χ4n) is 1.06. The van der Waals surface area contributed by atoms with E-state index in [0.29, 0.717) is 18.1 Å². The second-order valence-corrected chi connectivity index (χ2v) is 2.79. The zero-order valence-electron chi connectivity index (χ0n) is 7.47. The lowest BCUT2D eigenvalue weighted by atomic mass is 10.3. The number of aromatic amines is 1. The van der Waals surface area contributed by atoms with Crippen LogP contribution in [0.4, 0.5) is 5.69 Å². The van der Waals surface area contributed by atoms with Crippen molar-refractivity contribution in [3.8, 4) is 5.75 Å². The minimum absolute atomic E-state index is 0.365. The number of nitrogens with one attached hydrogen (secondary N) is 1. The maximum Gasteiger partial charge on any atom is 0.162 e. The summed E-state index contributed by atoms with van der Waals surface area (Å²) in [6.45, 7) is 0.365. The number of H-pyrrole nitrogens is 1. The molecule has 0 atom stereocenters. The summed E-state index contributed by atoms with van der Waals surface area (Å²) in [4.78, 5) is 3.93. The number of rotatable bonds is 3. The Labute approximate surface area is 80.9 Å². The van der Waals surface area contributed by atoms with Gasteiger partial charge in [-0.1, -0.05) is 6.07 Å². The van der Waals surface area contributed by atoms with Crippen molar-refractivity contribution in [2.45, 2.75) is 6.61 Å². The molecule has 0 spiro atoms. The number of aromatic nitrogens is 3. The van der Waals surface area contributed by atoms with Gasteiger partial charge in [0, 0.05) is 11.8 Å². The van der Waals surface area contributed by atoms with Crippen LogP contribution in [0.2, 0.25) is 0 Å². The lowest BCUT2D eigenvalue weighted by Crippen LogP contribution is -1.98. The van der Waals surface area contributed by atoms with E-state index in [1.54, 1.807) is 12.1 Å². The highest BCUT2D eigenvalue weighted by molar-refractivity contribution is 5.43. The van der Waals surface area contributed by atoms with Gasteiger partial charge in [-0.15, -0.1) is 0 Å². The van der Waals surface area contributed by atoms with Gasteiger partial charge in [-0.2, -0.15) is 5.10 Å². The Morgan fingerprint density at radius 2 is 2.36 bits per heavy atom. The SMILES string of the molecule is Nc1cccc(OCc2ncn[nH]2)c1. The maximum absolute atomic E-state index is 5.59. The molecule has 14 heavy (non-hydrogen) atoms. The van der Waals surface area contributed by atoms with Gasteiger partial charge in [0.15, 0.2) is 5.82 Å². The van der Waals surface area contributed by atoms with Crippen LogP contribution < -0.4 is 10.5 Å². The van der Waals surface area contributed by atoms with Crippen LogP contribution >= 0.6 is 0 Å². The number of ether oxygens (including phenoxy) is 1. The smallest absolute Gasteiger partial charge is 0.162 e. The minimum Gasteiger partial charge on any atom is -0.486 e. The molecule has 5 heteroatoms. The van der Waals surface area contributed by atoms with Crippen LogP contribution in [0, 0.1) is 0 Å². The largest absolute Gasteiger partial charge is 0.486 e. The normalized spacial score (nSPS) is 10.0. The minimum atomic E-state index is 0.365. The molecule has 0 aliphatic heterocycles. The van der Waals surface area contributed by atoms with Gasteiger partial charge in [-0.25, -0.2) is 4.98 Å². The Morgan fingerprint density at radius 3 is 3.07 bits per heavy atom. The molecule has 1 heterocycles. The maximum atomic E-state index is 5.59. The molecule has 0 amide bonds. The predicted molar refractivity (Wildman–Crippen MR) is 51.6 cm³/mol. The van der Waals surface area contributed by atoms with E-state index >= 15 is 0 Å². The second-order valence-electron chi connectivity index (χ2n) is 2.79. The Bertz CT molecular complexity index is 399. The molecule has 2 aromatic rings. The number of hydrogen-bond donors (Lipinski definition) is 2. The van der Waals surface area contributed by atoms with Gasteiger partial charge >= 0.3 is 0 Å². The molecule has 72 valence electrons. The highest BCUT2D eigenvalue weighted by atomic mass is 16.5. The van der Waals surface area contributed by atoms with Crippen molar-refractivity contribution in [3.63, 3.8) is 0 Å². The van der Waals surface area contributed by atoms with Gasteiger partial charge in [-0.05, 0) is 12.1 Å². The first-order chi connectivity index (χ1) is 6.84. The fraction of sp³-hybridized carbons (Fsp3) is 0.111. The number of nitrogen functional groups attached to an aromatic ring is 1. The van der Waals surface area contributed by atoms with Gasteiger partial charge in [0.05, 0.1) is 0 Å². The van der Waals surface area contributed by atoms with Crippen molar-refractivity contribution < 1.29 is 4.74 Å². The summed E-state index contributed by atoms with van der Waals surface area (Å²) < 4.78 is 5.42. The monoisotopic (exact) mass is 190 g/mol. The zero-order chi connectivity index (χ0) is 9.80. The summed E-state index contributed by atoms with van der Waals surface area (Å²) >= 11 is 0. The van der Waals surface area contributed by atoms with Crippen molar-refractivity contribution in [3.05, 3.63) is 36.4 Å². The lowest BCUT2D eigenvalue weighted by molar-refractivity contribution is 0.296. The Hall–Kier alpha value is -2.04. The lowest BCUT2D eigenvalue weighted by Gasteiger charge is -2.03. The molecular weight excluding hydrogens is 180 g/mol. The number of nitrogens with two attached hydrogens (primary N) is 1. The predicted octanol–water partition coefficient (Wildman–Crippen LogP) is 0.966. The molecule has 0 bridgehead atoms. The molecule has 3 N–H and O–H groups in total. The molecule has 2 rings (SSSR count). The average molecular weight is 190 g/mol. The van der Waals surface area contributed by atoms with Crippen molar-refractivity contribution in [1.82, 2.24) is 15.2 Å². The third-order valence-electron chi connectivity index (χ3n) is 1.70. The van der Waals surface area contributed by atoms with Crippen molar-refractivity contribution in [1.29, 1.82) is 0 Å². The molecule has 0 aliphatic rings. The number of nitrogens with zero attached hydrogens (tertiary/aromatic N) is 2. The molecule has 0 unspecified atom stereocenters. The van der Waals surface area contributed by atoms with E-state index in [9.17, 15) is 0 Å². The Kier molecular flexibility index (Phi) is 2.31. The molecule has 5 nitrogen and oxygen atoms in total. The van der Waals surface area contributed by atoms with Gasteiger partial charge < -0.3 is 10.5 Å². The number of hydrogen-bond acceptors (Lipinski definition) is 4. The average Bonchev–Trinajstić information content (AvgIpc) is 2.67. The summed E-state index contributed by atoms with van der Waals surface area (Å²) in [5.74, 6) is 1.41. The highest BCUT2D eigenvalue weighted by Gasteiger charge is 1.97. The van der Waals surface area contributed by atoms with E-state index in [1.165, 1.54) is 6.33 Å². The van der Waals surface area contributed by atoms with Crippen LogP contribution in [0.25, 0.3) is 0 Å². The molecule has 0 saturated heterocycles. The van der Waals surface area contributed by atoms with E-state index in [2.05, 4.69) is 15.2 Å². The van der Waals surface area contributed by atoms with E-state index < -0.39 is 0 Å². The van der Waals surface area contributed by atoms with E-state index in [1.807, 2.05) is 12.1 Å². The first-order valence-corrected chi connectivity index (χ1v) is 4.17. The first kappa shape index (κ1) is 8.55. The fourth-order valence-corrected chi connectivity index (χ4v) is 1.06. The Balaban J connectivity index is 1.98. The number of benzene rings is 1. The molecule has 0 aliphatic carbocycles. The third-order valence-corrected chi connectivity index (χ3v) is 1.70. The summed E-state index contributed by atoms with van der Waals surface area (Å²) in [7, 11) is 0. The van der Waals surface area contributed by atoms with Crippen LogP contribution in [-0.4, -0.2) is 15.2 Å². The molecule has 0 fully saturated rings. The van der Waals surface area contributed by atoms with Crippen LogP contribution in [0.5, 0.6) is 5.75 Å². The van der Waals surface area contributed by atoms with E-state index in [0.717, 1.165) is 5.75 Å². The van der Waals surface area contributed by atoms with Crippen LogP contribution in [-0.2, 0) is 6.61 Å². The summed E-state index contributed by atoms with van der Waals surface area (Å²) in [5, 5.41) is 6.42. The van der Waals surface area contributed by atoms with Gasteiger partial charge in [0.2, 0.25) is 0 Å². The molecule has 0 radical (unpaired) electrons. The zero-order valence-corrected chi connectivity index (χ0v) is 7.47. The first-order valence-electron chi connectivity index (χ1n) is 4.17. The van der Waals surface area contributed by atoms with Gasteiger partial charge in [0.25, 0.3) is 0 Å². The van der Waals surface area contributed by atoms with Crippen LogP contribution in [0.3, 0.4) is 0 Å². The van der Waals surface area contributed by atoms with Gasteiger partial charge in [-0.3, -0.25) is 5.10 Å². The van der Waals surface area contributed by atoms with Gasteiger partial charge in [0.1, 0.15) is 18.7 Å². The van der Waals surface area contributed by atoms with E-state index in [-0.39, 0.29) is 0 Å². The summed E-state index contributed by atoms with van der Waals surface area (Å²) in [5.41, 5.74) is 6.27. The van der Waals surface area contributed by atoms with Crippen molar-refractivity contribution in [2.24, 2.45) is 0 Å². The van der Waals surface area contributed by atoms with Crippen LogP contribution in [0.1, 0.15) is 5.82 Å². The molecule has 0 saturated carbocycles. The summed E-state index contributed by atoms with van der Waals surface area (Å²) in [6, 6.07) is 7.25. The van der Waals surface area contributed by atoms with Crippen LogP contribution in [0.15, 0.2) is 30.6 Å². The summed E-state index contributed by atoms with van der Waals surface area (Å²) in [6.07, 6.45) is 1.44. The topological polar surface area (TPSA) is 76.8 Å². The van der Waals surface area contributed by atoms with Crippen molar-refractivity contribution >= 4 is 5.69 Å².